The molecule has 0 heterocycles. The maximum absolute atomic E-state index is 13.0. The molecule has 0 saturated carbocycles. The minimum absolute atomic E-state index is 0.0277. The number of halogens is 2. The zero-order valence-corrected chi connectivity index (χ0v) is 7.31. The smallest absolute Gasteiger partial charge is 0.162 e. The van der Waals surface area contributed by atoms with E-state index in [0.29, 0.717) is 6.42 Å². The molecule has 13 heavy (non-hydrogen) atoms. The van der Waals surface area contributed by atoms with Crippen molar-refractivity contribution in [3.05, 3.63) is 35.4 Å². The molecule has 0 radical (unpaired) electrons. The number of carbonyl (C=O) groups is 1. The van der Waals surface area contributed by atoms with Crippen LogP contribution in [0, 0.1) is 11.6 Å². The second kappa shape index (κ2) is 4.12. The Morgan fingerprint density at radius 3 is 2.69 bits per heavy atom. The Labute approximate surface area is 75.4 Å². The van der Waals surface area contributed by atoms with E-state index in [2.05, 4.69) is 0 Å². The van der Waals surface area contributed by atoms with Gasteiger partial charge in [0.15, 0.2) is 11.6 Å². The van der Waals surface area contributed by atoms with Crippen LogP contribution in [-0.2, 0) is 11.2 Å². The van der Waals surface area contributed by atoms with E-state index in [0.717, 1.165) is 6.07 Å². The van der Waals surface area contributed by atoms with Crippen LogP contribution in [0.3, 0.4) is 0 Å². The second-order valence-electron chi connectivity index (χ2n) is 2.78. The van der Waals surface area contributed by atoms with Gasteiger partial charge in [-0.15, -0.1) is 0 Å². The van der Waals surface area contributed by atoms with Crippen LogP contribution in [0.4, 0.5) is 8.78 Å². The van der Waals surface area contributed by atoms with Crippen LogP contribution < -0.4 is 0 Å². The first-order valence-electron chi connectivity index (χ1n) is 4.09. The van der Waals surface area contributed by atoms with E-state index in [1.807, 2.05) is 0 Å². The third-order valence-corrected chi connectivity index (χ3v) is 1.81. The third-order valence-electron chi connectivity index (χ3n) is 1.81. The lowest BCUT2D eigenvalue weighted by molar-refractivity contribution is -0.118. The van der Waals surface area contributed by atoms with Crippen molar-refractivity contribution < 1.29 is 13.6 Å². The van der Waals surface area contributed by atoms with Gasteiger partial charge in [-0.2, -0.15) is 0 Å². The number of rotatable bonds is 3. The lowest BCUT2D eigenvalue weighted by Crippen LogP contribution is -2.03. The summed E-state index contributed by atoms with van der Waals surface area (Å²) in [5.41, 5.74) is 0.131. The van der Waals surface area contributed by atoms with Gasteiger partial charge < -0.3 is 0 Å². The highest BCUT2D eigenvalue weighted by Crippen LogP contribution is 2.12. The molecule has 0 aromatic heterocycles. The van der Waals surface area contributed by atoms with Crippen molar-refractivity contribution in [1.29, 1.82) is 0 Å². The van der Waals surface area contributed by atoms with Crippen molar-refractivity contribution in [3.8, 4) is 0 Å². The van der Waals surface area contributed by atoms with Crippen LogP contribution >= 0.6 is 0 Å². The summed E-state index contributed by atoms with van der Waals surface area (Å²) >= 11 is 0. The molecular formula is C10H10F2O. The number of Topliss-reactive ketones (excluding diaryl/α,β-unsaturated/α-hetero) is 1. The fourth-order valence-electron chi connectivity index (χ4n) is 1.02. The Morgan fingerprint density at radius 2 is 2.08 bits per heavy atom. The maximum Gasteiger partial charge on any atom is 0.162 e. The second-order valence-corrected chi connectivity index (χ2v) is 2.78. The standard InChI is InChI=1S/C10H10F2O/c1-2-8(13)6-7-4-3-5-9(11)10(7)12/h3-5H,2,6H2,1H3. The Hall–Kier alpha value is -1.25. The van der Waals surface area contributed by atoms with Crippen LogP contribution in [0.5, 0.6) is 0 Å². The van der Waals surface area contributed by atoms with Crippen molar-refractivity contribution in [1.82, 2.24) is 0 Å². The molecule has 0 spiro atoms. The molecule has 0 aliphatic carbocycles. The average molecular weight is 184 g/mol. The van der Waals surface area contributed by atoms with Crippen molar-refractivity contribution in [2.24, 2.45) is 0 Å². The molecule has 0 aliphatic rings. The van der Waals surface area contributed by atoms with E-state index in [-0.39, 0.29) is 17.8 Å². The summed E-state index contributed by atoms with van der Waals surface area (Å²) in [4.78, 5) is 11.0. The summed E-state index contributed by atoms with van der Waals surface area (Å²) in [5.74, 6) is -1.91. The van der Waals surface area contributed by atoms with Gasteiger partial charge in [0.2, 0.25) is 0 Å². The first-order valence-corrected chi connectivity index (χ1v) is 4.09. The van der Waals surface area contributed by atoms with E-state index < -0.39 is 11.6 Å². The maximum atomic E-state index is 13.0. The first-order chi connectivity index (χ1) is 6.15. The number of hydrogen-bond donors (Lipinski definition) is 0. The molecular weight excluding hydrogens is 174 g/mol. The van der Waals surface area contributed by atoms with Gasteiger partial charge >= 0.3 is 0 Å². The largest absolute Gasteiger partial charge is 0.299 e. The van der Waals surface area contributed by atoms with Crippen LogP contribution in [0.25, 0.3) is 0 Å². The van der Waals surface area contributed by atoms with Gasteiger partial charge in [0.05, 0.1) is 0 Å². The van der Waals surface area contributed by atoms with Gasteiger partial charge in [-0.3, -0.25) is 4.79 Å². The Bertz CT molecular complexity index is 321. The Balaban J connectivity index is 2.89. The average Bonchev–Trinajstić information content (AvgIpc) is 2.13. The molecule has 0 unspecified atom stereocenters. The zero-order chi connectivity index (χ0) is 9.84. The van der Waals surface area contributed by atoms with Crippen LogP contribution in [0.15, 0.2) is 18.2 Å². The van der Waals surface area contributed by atoms with Gasteiger partial charge in [-0.25, -0.2) is 8.78 Å². The van der Waals surface area contributed by atoms with E-state index in [4.69, 9.17) is 0 Å². The molecule has 0 saturated heterocycles. The number of carbonyl (C=O) groups excluding carboxylic acids is 1. The monoisotopic (exact) mass is 184 g/mol. The van der Waals surface area contributed by atoms with Crippen molar-refractivity contribution >= 4 is 5.78 Å². The summed E-state index contributed by atoms with van der Waals surface area (Å²) < 4.78 is 25.6. The predicted molar refractivity (Wildman–Crippen MR) is 45.4 cm³/mol. The molecule has 0 atom stereocenters. The molecule has 1 nitrogen and oxygen atoms in total. The summed E-state index contributed by atoms with van der Waals surface area (Å²) in [5, 5.41) is 0. The topological polar surface area (TPSA) is 17.1 Å². The SMILES string of the molecule is CCC(=O)Cc1cccc(F)c1F. The summed E-state index contributed by atoms with van der Waals surface area (Å²) in [6.45, 7) is 1.69. The number of ketones is 1. The highest BCUT2D eigenvalue weighted by Gasteiger charge is 2.09. The minimum Gasteiger partial charge on any atom is -0.299 e. The number of hydrogen-bond acceptors (Lipinski definition) is 1. The van der Waals surface area contributed by atoms with E-state index in [1.165, 1.54) is 12.1 Å². The molecule has 0 aliphatic heterocycles. The van der Waals surface area contributed by atoms with Crippen molar-refractivity contribution in [3.63, 3.8) is 0 Å². The van der Waals surface area contributed by atoms with Gasteiger partial charge in [0.1, 0.15) is 5.78 Å². The van der Waals surface area contributed by atoms with E-state index in [1.54, 1.807) is 6.92 Å². The van der Waals surface area contributed by atoms with Gasteiger partial charge in [0, 0.05) is 12.8 Å². The molecule has 0 amide bonds. The van der Waals surface area contributed by atoms with Crippen LogP contribution in [0.2, 0.25) is 0 Å². The molecule has 70 valence electrons. The fraction of sp³-hybridized carbons (Fsp3) is 0.300. The summed E-state index contributed by atoms with van der Waals surface area (Å²) in [6, 6.07) is 3.86. The molecule has 1 rings (SSSR count). The van der Waals surface area contributed by atoms with Gasteiger partial charge in [-0.05, 0) is 11.6 Å². The molecule has 0 N–H and O–H groups in total. The Morgan fingerprint density at radius 1 is 1.38 bits per heavy atom. The zero-order valence-electron chi connectivity index (χ0n) is 7.31. The molecule has 0 bridgehead atoms. The van der Waals surface area contributed by atoms with Crippen molar-refractivity contribution in [2.45, 2.75) is 19.8 Å². The molecule has 0 fully saturated rings. The fourth-order valence-corrected chi connectivity index (χ4v) is 1.02. The highest BCUT2D eigenvalue weighted by atomic mass is 19.2. The number of benzene rings is 1. The van der Waals surface area contributed by atoms with E-state index >= 15 is 0 Å². The van der Waals surface area contributed by atoms with Crippen LogP contribution in [-0.4, -0.2) is 5.78 Å². The summed E-state index contributed by atoms with van der Waals surface area (Å²) in [7, 11) is 0. The molecule has 1 aromatic carbocycles. The van der Waals surface area contributed by atoms with Gasteiger partial charge in [0.25, 0.3) is 0 Å². The minimum atomic E-state index is -0.913. The quantitative estimate of drug-likeness (QED) is 0.705. The molecule has 3 heteroatoms. The summed E-state index contributed by atoms with van der Waals surface area (Å²) in [6.07, 6.45) is 0.316. The predicted octanol–water partition coefficient (Wildman–Crippen LogP) is 2.49. The van der Waals surface area contributed by atoms with E-state index in [9.17, 15) is 13.6 Å². The van der Waals surface area contributed by atoms with Crippen LogP contribution in [0.1, 0.15) is 18.9 Å². The van der Waals surface area contributed by atoms with Gasteiger partial charge in [-0.1, -0.05) is 19.1 Å². The highest BCUT2D eigenvalue weighted by molar-refractivity contribution is 5.80. The third kappa shape index (κ3) is 2.34. The first kappa shape index (κ1) is 9.84. The molecule has 1 aromatic rings. The van der Waals surface area contributed by atoms with Crippen molar-refractivity contribution in [2.75, 3.05) is 0 Å². The lowest BCUT2D eigenvalue weighted by Gasteiger charge is -2.01. The normalized spacial score (nSPS) is 10.1. The Kier molecular flexibility index (Phi) is 3.12. The lowest BCUT2D eigenvalue weighted by atomic mass is 10.1.